The second-order valence-electron chi connectivity index (χ2n) is 9.79. The molecule has 4 rings (SSSR count). The average molecular weight is 570 g/mol. The maximum Gasteiger partial charge on any atom is 0.388 e. The van der Waals surface area contributed by atoms with Crippen LogP contribution in [0.5, 0.6) is 0 Å². The van der Waals surface area contributed by atoms with Gasteiger partial charge in [-0.05, 0) is 54.7 Å². The molecule has 3 nitrogen and oxygen atoms in total. The van der Waals surface area contributed by atoms with E-state index in [1.807, 2.05) is 6.08 Å². The molecule has 3 aliphatic heterocycles. The van der Waals surface area contributed by atoms with Gasteiger partial charge in [-0.2, -0.15) is 13.2 Å². The molecule has 0 aromatic heterocycles. The van der Waals surface area contributed by atoms with Crippen LogP contribution in [-0.2, 0) is 13.3 Å². The quantitative estimate of drug-likeness (QED) is 0.248. The Balaban J connectivity index is 0.000000200. The van der Waals surface area contributed by atoms with Gasteiger partial charge in [0.25, 0.3) is 0 Å². The number of alkyl halides is 3. The highest BCUT2D eigenvalue weighted by atomic mass is 28.4. The van der Waals surface area contributed by atoms with Crippen LogP contribution in [0, 0.1) is 0 Å². The van der Waals surface area contributed by atoms with Gasteiger partial charge in [0.15, 0.2) is 0 Å². The minimum Gasteiger partial charge on any atom is -0.416 e. The summed E-state index contributed by atoms with van der Waals surface area (Å²) in [5.41, 5.74) is 3.75. The zero-order chi connectivity index (χ0) is 27.0. The highest BCUT2D eigenvalue weighted by Gasteiger charge is 2.38. The van der Waals surface area contributed by atoms with Crippen LogP contribution >= 0.6 is 0 Å². The lowest BCUT2D eigenvalue weighted by atomic mass is 10.3. The molecule has 3 heterocycles. The van der Waals surface area contributed by atoms with Crippen molar-refractivity contribution in [3.05, 3.63) is 67.5 Å². The third-order valence-corrected chi connectivity index (χ3v) is 16.9. The van der Waals surface area contributed by atoms with E-state index in [0.717, 1.165) is 38.1 Å². The molecule has 0 spiro atoms. The molecule has 9 heteroatoms. The summed E-state index contributed by atoms with van der Waals surface area (Å²) in [5, 5.41) is 1.37. The van der Waals surface area contributed by atoms with Gasteiger partial charge < -0.3 is 13.3 Å². The summed E-state index contributed by atoms with van der Waals surface area (Å²) in [6.07, 6.45) is 4.27. The Labute approximate surface area is 225 Å². The van der Waals surface area contributed by atoms with E-state index >= 15 is 0 Å². The maximum atomic E-state index is 12.0. The summed E-state index contributed by atoms with van der Waals surface area (Å²) < 4.78 is 53.2. The minimum atomic E-state index is -4.07. The molecule has 3 saturated heterocycles. The number of hydrogen-bond acceptors (Lipinski definition) is 3. The fourth-order valence-corrected chi connectivity index (χ4v) is 13.0. The molecular weight excluding hydrogens is 526 g/mol. The molecule has 37 heavy (non-hydrogen) atoms. The summed E-state index contributed by atoms with van der Waals surface area (Å²) in [4.78, 5) is 0. The molecule has 2 atom stereocenters. The van der Waals surface area contributed by atoms with Crippen molar-refractivity contribution in [1.29, 1.82) is 0 Å². The molecule has 2 unspecified atom stereocenters. The third kappa shape index (κ3) is 11.6. The van der Waals surface area contributed by atoms with Gasteiger partial charge in [-0.25, -0.2) is 0 Å². The third-order valence-electron chi connectivity index (χ3n) is 7.01. The van der Waals surface area contributed by atoms with Crippen molar-refractivity contribution in [3.63, 3.8) is 0 Å². The van der Waals surface area contributed by atoms with Gasteiger partial charge in [0.2, 0.25) is 25.7 Å². The van der Waals surface area contributed by atoms with Crippen LogP contribution in [0.3, 0.4) is 0 Å². The van der Waals surface area contributed by atoms with E-state index < -0.39 is 38.3 Å². The van der Waals surface area contributed by atoms with Crippen molar-refractivity contribution in [2.24, 2.45) is 0 Å². The van der Waals surface area contributed by atoms with E-state index in [4.69, 9.17) is 13.3 Å². The van der Waals surface area contributed by atoms with Crippen LogP contribution < -0.4 is 5.19 Å². The molecule has 3 fully saturated rings. The molecule has 0 N–H and O–H groups in total. The largest absolute Gasteiger partial charge is 0.416 e. The SMILES string of the molecule is C=CC[Si]1CCCCO1.C=C[Si]1(CCC(F)(F)F)CCCCO1.C=C[Si]1(c2ccccc2)CCCCO1. The van der Waals surface area contributed by atoms with Crippen molar-refractivity contribution in [1.82, 2.24) is 0 Å². The first-order chi connectivity index (χ1) is 17.8. The Morgan fingerprint density at radius 1 is 0.838 bits per heavy atom. The van der Waals surface area contributed by atoms with Crippen molar-refractivity contribution < 1.29 is 26.4 Å². The van der Waals surface area contributed by atoms with Crippen LogP contribution in [-0.4, -0.2) is 51.7 Å². The lowest BCUT2D eigenvalue weighted by Crippen LogP contribution is -2.51. The Morgan fingerprint density at radius 2 is 1.51 bits per heavy atom. The first kappa shape index (κ1) is 32.0. The highest BCUT2D eigenvalue weighted by molar-refractivity contribution is 6.90. The standard InChI is InChI=1S/C12H16OSi.C9H15F3OSi.C7H13OSi/c1-2-14(11-7-6-10-13-14)12-8-4-3-5-9-12;1-2-14(7-4-3-6-13-14)8-5-9(10,11)12;1-2-6-9-7-4-3-5-8-9/h2-5,8-9H,1,6-7,10-11H2;2H,1,3-8H2;2H,1,3-7H2. The second-order valence-corrected chi connectivity index (χ2v) is 19.4. The van der Waals surface area contributed by atoms with Crippen LogP contribution in [0.4, 0.5) is 13.2 Å². The molecule has 1 radical (unpaired) electrons. The molecule has 1 aromatic carbocycles. The molecule has 207 valence electrons. The van der Waals surface area contributed by atoms with Gasteiger partial charge in [-0.1, -0.05) is 67.1 Å². The minimum absolute atomic E-state index is 0.139. The van der Waals surface area contributed by atoms with Crippen LogP contribution in [0.15, 0.2) is 67.5 Å². The lowest BCUT2D eigenvalue weighted by Gasteiger charge is -2.32. The molecule has 3 aliphatic rings. The summed E-state index contributed by atoms with van der Waals surface area (Å²) in [5.74, 6) is 0. The lowest BCUT2D eigenvalue weighted by molar-refractivity contribution is -0.131. The van der Waals surface area contributed by atoms with E-state index in [0.29, 0.717) is 6.61 Å². The molecular formula is C28H44F3O3Si3. The van der Waals surface area contributed by atoms with Gasteiger partial charge in [0.1, 0.15) is 0 Å². The first-order valence-electron chi connectivity index (χ1n) is 13.5. The van der Waals surface area contributed by atoms with E-state index in [2.05, 4.69) is 55.8 Å². The van der Waals surface area contributed by atoms with E-state index in [1.165, 1.54) is 43.0 Å². The van der Waals surface area contributed by atoms with E-state index in [1.54, 1.807) is 5.70 Å². The zero-order valence-corrected chi connectivity index (χ0v) is 25.2. The Bertz CT molecular complexity index is 787. The smallest absolute Gasteiger partial charge is 0.388 e. The fraction of sp³-hybridized carbons (Fsp3) is 0.571. The topological polar surface area (TPSA) is 27.7 Å². The number of halogens is 3. The molecule has 0 amide bonds. The molecule has 1 aromatic rings. The number of rotatable bonds is 7. The van der Waals surface area contributed by atoms with Crippen molar-refractivity contribution in [2.45, 2.75) is 81.3 Å². The maximum absolute atomic E-state index is 12.0. The average Bonchev–Trinajstić information content (AvgIpc) is 2.94. The van der Waals surface area contributed by atoms with Crippen molar-refractivity contribution in [3.8, 4) is 0 Å². The normalized spacial score (nSPS) is 26.5. The molecule has 0 bridgehead atoms. The zero-order valence-electron chi connectivity index (χ0n) is 22.2. The monoisotopic (exact) mass is 569 g/mol. The Hall–Kier alpha value is -1.24. The molecule has 0 aliphatic carbocycles. The molecule has 0 saturated carbocycles. The van der Waals surface area contributed by atoms with Crippen LogP contribution in [0.2, 0.25) is 30.2 Å². The van der Waals surface area contributed by atoms with Crippen molar-refractivity contribution >= 4 is 30.9 Å². The fourth-order valence-electron chi connectivity index (χ4n) is 4.77. The Morgan fingerprint density at radius 3 is 2.00 bits per heavy atom. The van der Waals surface area contributed by atoms with Gasteiger partial charge in [0, 0.05) is 26.2 Å². The predicted octanol–water partition coefficient (Wildman–Crippen LogP) is 7.77. The number of allylic oxidation sites excluding steroid dienone is 1. The van der Waals surface area contributed by atoms with E-state index in [-0.39, 0.29) is 6.04 Å². The second kappa shape index (κ2) is 16.7. The van der Waals surface area contributed by atoms with Gasteiger partial charge in [-0.15, -0.1) is 19.7 Å². The van der Waals surface area contributed by atoms with E-state index in [9.17, 15) is 13.2 Å². The summed E-state index contributed by atoms with van der Waals surface area (Å²) in [7, 11) is -4.41. The first-order valence-corrected chi connectivity index (χ1v) is 20.0. The highest BCUT2D eigenvalue weighted by Crippen LogP contribution is 2.32. The van der Waals surface area contributed by atoms with Crippen LogP contribution in [0.25, 0.3) is 0 Å². The van der Waals surface area contributed by atoms with Gasteiger partial charge in [0.05, 0.1) is 0 Å². The summed E-state index contributed by atoms with van der Waals surface area (Å²) in [6, 6.07) is 15.2. The van der Waals surface area contributed by atoms with Gasteiger partial charge >= 0.3 is 6.18 Å². The predicted molar refractivity (Wildman–Crippen MR) is 154 cm³/mol. The van der Waals surface area contributed by atoms with Gasteiger partial charge in [-0.3, -0.25) is 0 Å². The van der Waals surface area contributed by atoms with Crippen LogP contribution in [0.1, 0.15) is 44.9 Å². The number of hydrogen-bond donors (Lipinski definition) is 0. The number of benzene rings is 1. The summed E-state index contributed by atoms with van der Waals surface area (Å²) in [6.45, 7) is 13.8. The van der Waals surface area contributed by atoms with Crippen molar-refractivity contribution in [2.75, 3.05) is 19.8 Å². The Kier molecular flexibility index (Phi) is 14.4. The summed E-state index contributed by atoms with van der Waals surface area (Å²) >= 11 is 0.